The summed E-state index contributed by atoms with van der Waals surface area (Å²) in [4.78, 5) is 0.749. The number of hydrogen-bond acceptors (Lipinski definition) is 2. The van der Waals surface area contributed by atoms with Gasteiger partial charge in [-0.15, -0.1) is 0 Å². The Morgan fingerprint density at radius 2 is 2.00 bits per heavy atom. The first-order valence-electron chi connectivity index (χ1n) is 5.50. The van der Waals surface area contributed by atoms with Crippen molar-refractivity contribution in [2.45, 2.75) is 39.2 Å². The van der Waals surface area contributed by atoms with Crippen LogP contribution >= 0.6 is 12.2 Å². The second-order valence-electron chi connectivity index (χ2n) is 5.21. The number of fused-ring (bicyclic) bond motifs is 1. The van der Waals surface area contributed by atoms with E-state index in [0.717, 1.165) is 16.4 Å². The Balaban J connectivity index is 2.40. The molecule has 1 atom stereocenters. The quantitative estimate of drug-likeness (QED) is 0.695. The molecule has 0 spiro atoms. The summed E-state index contributed by atoms with van der Waals surface area (Å²) in [6.07, 6.45) is -0.0389. The van der Waals surface area contributed by atoms with Crippen LogP contribution in [-0.4, -0.2) is 11.1 Å². The van der Waals surface area contributed by atoms with E-state index in [1.807, 2.05) is 13.0 Å². The van der Waals surface area contributed by atoms with E-state index in [-0.39, 0.29) is 11.5 Å². The van der Waals surface area contributed by atoms with Crippen LogP contribution < -0.4 is 10.1 Å². The fourth-order valence-corrected chi connectivity index (χ4v) is 1.83. The van der Waals surface area contributed by atoms with Gasteiger partial charge in [-0.1, -0.05) is 39.1 Å². The van der Waals surface area contributed by atoms with Crippen molar-refractivity contribution < 1.29 is 4.74 Å². The molecule has 1 unspecified atom stereocenters. The summed E-state index contributed by atoms with van der Waals surface area (Å²) in [7, 11) is 0. The van der Waals surface area contributed by atoms with Crippen LogP contribution in [-0.2, 0) is 5.41 Å². The topological polar surface area (TPSA) is 21.3 Å². The van der Waals surface area contributed by atoms with Gasteiger partial charge in [0.1, 0.15) is 16.8 Å². The first kappa shape index (κ1) is 11.4. The van der Waals surface area contributed by atoms with E-state index in [4.69, 9.17) is 17.0 Å². The highest BCUT2D eigenvalue weighted by Crippen LogP contribution is 2.34. The number of hydrogen-bond donors (Lipinski definition) is 1. The Kier molecular flexibility index (Phi) is 2.66. The lowest BCUT2D eigenvalue weighted by molar-refractivity contribution is 0.285. The van der Waals surface area contributed by atoms with Gasteiger partial charge in [-0.3, -0.25) is 0 Å². The van der Waals surface area contributed by atoms with E-state index in [1.165, 1.54) is 5.56 Å². The monoisotopic (exact) mass is 235 g/mol. The molecule has 1 heterocycles. The molecule has 0 bridgehead atoms. The molecule has 16 heavy (non-hydrogen) atoms. The molecule has 1 aliphatic rings. The predicted molar refractivity (Wildman–Crippen MR) is 71.5 cm³/mol. The van der Waals surface area contributed by atoms with Gasteiger partial charge in [0.05, 0.1) is 5.69 Å². The maximum Gasteiger partial charge on any atom is 0.146 e. The Morgan fingerprint density at radius 3 is 2.62 bits per heavy atom. The van der Waals surface area contributed by atoms with Crippen molar-refractivity contribution in [3.63, 3.8) is 0 Å². The third-order valence-electron chi connectivity index (χ3n) is 2.78. The highest BCUT2D eigenvalue weighted by atomic mass is 32.1. The first-order chi connectivity index (χ1) is 7.38. The van der Waals surface area contributed by atoms with Crippen molar-refractivity contribution in [3.8, 4) is 5.75 Å². The van der Waals surface area contributed by atoms with Gasteiger partial charge in [-0.25, -0.2) is 0 Å². The molecular formula is C13H17NOS. The first-order valence-corrected chi connectivity index (χ1v) is 5.91. The Bertz CT molecular complexity index is 434. The average molecular weight is 235 g/mol. The fourth-order valence-electron chi connectivity index (χ4n) is 1.68. The Morgan fingerprint density at radius 1 is 1.31 bits per heavy atom. The van der Waals surface area contributed by atoms with Gasteiger partial charge in [-0.2, -0.15) is 0 Å². The van der Waals surface area contributed by atoms with Crippen molar-refractivity contribution in [2.75, 3.05) is 5.32 Å². The van der Waals surface area contributed by atoms with Gasteiger partial charge in [0, 0.05) is 0 Å². The minimum absolute atomic E-state index is 0.0389. The molecule has 1 aliphatic heterocycles. The van der Waals surface area contributed by atoms with Gasteiger partial charge < -0.3 is 10.1 Å². The number of thiocarbonyl (C=S) groups is 1. The fraction of sp³-hybridized carbons (Fsp3) is 0.462. The molecule has 1 N–H and O–H groups in total. The largest absolute Gasteiger partial charge is 0.481 e. The van der Waals surface area contributed by atoms with Crippen molar-refractivity contribution >= 4 is 22.9 Å². The molecule has 0 aliphatic carbocycles. The van der Waals surface area contributed by atoms with Gasteiger partial charge in [0.25, 0.3) is 0 Å². The zero-order valence-electron chi connectivity index (χ0n) is 10.1. The van der Waals surface area contributed by atoms with Crippen LogP contribution in [0.2, 0.25) is 0 Å². The average Bonchev–Trinajstić information content (AvgIpc) is 2.17. The summed E-state index contributed by atoms with van der Waals surface area (Å²) in [6.45, 7) is 8.54. The number of rotatable bonds is 0. The van der Waals surface area contributed by atoms with Gasteiger partial charge in [0.2, 0.25) is 0 Å². The molecule has 0 saturated heterocycles. The van der Waals surface area contributed by atoms with Gasteiger partial charge in [-0.05, 0) is 30.0 Å². The molecule has 0 aromatic heterocycles. The van der Waals surface area contributed by atoms with Crippen LogP contribution in [0, 0.1) is 0 Å². The van der Waals surface area contributed by atoms with Crippen LogP contribution in [0.15, 0.2) is 18.2 Å². The van der Waals surface area contributed by atoms with E-state index >= 15 is 0 Å². The summed E-state index contributed by atoms with van der Waals surface area (Å²) in [5.41, 5.74) is 2.40. The van der Waals surface area contributed by atoms with Crippen LogP contribution in [0.4, 0.5) is 5.69 Å². The molecule has 1 aromatic carbocycles. The Hall–Kier alpha value is -1.09. The molecule has 2 rings (SSSR count). The standard InChI is InChI=1S/C13H17NOS/c1-8-12(16)14-10-7-9(13(2,3)4)5-6-11(10)15-8/h5-8H,1-4H3,(H,14,16). The predicted octanol–water partition coefficient (Wildman–Crippen LogP) is 3.50. The molecule has 1 aromatic rings. The normalized spacial score (nSPS) is 19.8. The van der Waals surface area contributed by atoms with Crippen LogP contribution in [0.25, 0.3) is 0 Å². The van der Waals surface area contributed by atoms with Crippen molar-refractivity contribution in [2.24, 2.45) is 0 Å². The zero-order chi connectivity index (χ0) is 11.9. The highest BCUT2D eigenvalue weighted by Gasteiger charge is 2.22. The zero-order valence-corrected chi connectivity index (χ0v) is 10.9. The van der Waals surface area contributed by atoms with E-state index in [2.05, 4.69) is 38.2 Å². The smallest absolute Gasteiger partial charge is 0.146 e. The maximum atomic E-state index is 5.71. The SMILES string of the molecule is CC1Oc2ccc(C(C)(C)C)cc2NC1=S. The lowest BCUT2D eigenvalue weighted by Gasteiger charge is -2.28. The third-order valence-corrected chi connectivity index (χ3v) is 3.21. The molecule has 0 saturated carbocycles. The van der Waals surface area contributed by atoms with E-state index < -0.39 is 0 Å². The van der Waals surface area contributed by atoms with Crippen LogP contribution in [0.1, 0.15) is 33.3 Å². The van der Waals surface area contributed by atoms with Gasteiger partial charge in [0.15, 0.2) is 0 Å². The summed E-state index contributed by atoms with van der Waals surface area (Å²) in [5.74, 6) is 0.883. The van der Waals surface area contributed by atoms with E-state index in [9.17, 15) is 0 Å². The molecule has 0 fully saturated rings. The van der Waals surface area contributed by atoms with Crippen LogP contribution in [0.3, 0.4) is 0 Å². The molecule has 0 radical (unpaired) electrons. The summed E-state index contributed by atoms with van der Waals surface area (Å²) in [5, 5.41) is 3.23. The van der Waals surface area contributed by atoms with Crippen LogP contribution in [0.5, 0.6) is 5.75 Å². The van der Waals surface area contributed by atoms with E-state index in [1.54, 1.807) is 0 Å². The van der Waals surface area contributed by atoms with Gasteiger partial charge >= 0.3 is 0 Å². The second kappa shape index (κ2) is 3.74. The second-order valence-corrected chi connectivity index (χ2v) is 5.65. The minimum atomic E-state index is -0.0389. The number of benzene rings is 1. The van der Waals surface area contributed by atoms with Crippen molar-refractivity contribution in [1.29, 1.82) is 0 Å². The highest BCUT2D eigenvalue weighted by molar-refractivity contribution is 7.80. The number of ether oxygens (including phenoxy) is 1. The van der Waals surface area contributed by atoms with E-state index in [0.29, 0.717) is 0 Å². The molecule has 86 valence electrons. The number of nitrogens with one attached hydrogen (secondary N) is 1. The summed E-state index contributed by atoms with van der Waals surface area (Å²) in [6, 6.07) is 6.25. The Labute approximate surface area is 102 Å². The summed E-state index contributed by atoms with van der Waals surface area (Å²) >= 11 is 5.21. The summed E-state index contributed by atoms with van der Waals surface area (Å²) < 4.78 is 5.71. The lowest BCUT2D eigenvalue weighted by atomic mass is 9.86. The van der Waals surface area contributed by atoms with Crippen molar-refractivity contribution in [3.05, 3.63) is 23.8 Å². The minimum Gasteiger partial charge on any atom is -0.481 e. The molecule has 0 amide bonds. The maximum absolute atomic E-state index is 5.71. The van der Waals surface area contributed by atoms with Crippen molar-refractivity contribution in [1.82, 2.24) is 0 Å². The molecule has 2 nitrogen and oxygen atoms in total. The molecular weight excluding hydrogens is 218 g/mol. The molecule has 3 heteroatoms. The third kappa shape index (κ3) is 2.05. The number of anilines is 1. The lowest BCUT2D eigenvalue weighted by Crippen LogP contribution is -2.33.